The second kappa shape index (κ2) is 4.69. The normalized spacial score (nSPS) is 22.2. The zero-order valence-electron chi connectivity index (χ0n) is 12.3. The molecule has 0 radical (unpaired) electrons. The van der Waals surface area contributed by atoms with Crippen LogP contribution in [0.2, 0.25) is 0 Å². The third-order valence-electron chi connectivity index (χ3n) is 4.57. The van der Waals surface area contributed by atoms with Gasteiger partial charge in [-0.25, -0.2) is 0 Å². The van der Waals surface area contributed by atoms with Gasteiger partial charge in [0.15, 0.2) is 0 Å². The first-order chi connectivity index (χ1) is 10.3. The number of benzene rings is 2. The van der Waals surface area contributed by atoms with Gasteiger partial charge in [0, 0.05) is 5.56 Å². The molecule has 3 nitrogen and oxygen atoms in total. The molecule has 0 spiro atoms. The number of para-hydroxylation sites is 1. The third kappa shape index (κ3) is 1.96. The SMILES string of the molecule is COc1ccc2c(c1)C1Oc3cccc(C)c3NC1CC2. The zero-order valence-corrected chi connectivity index (χ0v) is 12.3. The number of hydrogen-bond acceptors (Lipinski definition) is 3. The molecular formula is C18H19NO2. The highest BCUT2D eigenvalue weighted by atomic mass is 16.5. The fourth-order valence-corrected chi connectivity index (χ4v) is 3.41. The molecular weight excluding hydrogens is 262 g/mol. The zero-order chi connectivity index (χ0) is 14.4. The van der Waals surface area contributed by atoms with Crippen molar-refractivity contribution in [3.05, 3.63) is 53.1 Å². The highest BCUT2D eigenvalue weighted by Crippen LogP contribution is 2.44. The minimum Gasteiger partial charge on any atom is -0.497 e. The maximum atomic E-state index is 6.32. The number of rotatable bonds is 1. The lowest BCUT2D eigenvalue weighted by Gasteiger charge is -2.40. The van der Waals surface area contributed by atoms with Gasteiger partial charge in [0.1, 0.15) is 17.6 Å². The van der Waals surface area contributed by atoms with Crippen LogP contribution in [0.3, 0.4) is 0 Å². The van der Waals surface area contributed by atoms with Crippen LogP contribution in [-0.2, 0) is 6.42 Å². The summed E-state index contributed by atoms with van der Waals surface area (Å²) in [6.07, 6.45) is 2.24. The summed E-state index contributed by atoms with van der Waals surface area (Å²) in [7, 11) is 1.71. The molecule has 0 amide bonds. The summed E-state index contributed by atoms with van der Waals surface area (Å²) in [5, 5.41) is 3.68. The Bertz CT molecular complexity index is 696. The molecule has 4 rings (SSSR count). The topological polar surface area (TPSA) is 30.5 Å². The van der Waals surface area contributed by atoms with Crippen LogP contribution < -0.4 is 14.8 Å². The summed E-state index contributed by atoms with van der Waals surface area (Å²) >= 11 is 0. The highest BCUT2D eigenvalue weighted by Gasteiger charge is 2.36. The Morgan fingerprint density at radius 2 is 2.14 bits per heavy atom. The number of nitrogens with one attached hydrogen (secondary N) is 1. The average Bonchev–Trinajstić information content (AvgIpc) is 2.53. The van der Waals surface area contributed by atoms with Crippen LogP contribution in [0.5, 0.6) is 11.5 Å². The summed E-state index contributed by atoms with van der Waals surface area (Å²) in [6.45, 7) is 2.12. The van der Waals surface area contributed by atoms with Crippen molar-refractivity contribution >= 4 is 5.69 Å². The molecule has 1 aliphatic heterocycles. The second-order valence-corrected chi connectivity index (χ2v) is 5.84. The summed E-state index contributed by atoms with van der Waals surface area (Å²) < 4.78 is 11.7. The molecule has 2 aromatic rings. The van der Waals surface area contributed by atoms with Gasteiger partial charge in [-0.1, -0.05) is 18.2 Å². The minimum atomic E-state index is 0.0677. The predicted octanol–water partition coefficient (Wildman–Crippen LogP) is 3.86. The lowest BCUT2D eigenvalue weighted by molar-refractivity contribution is 0.157. The fourth-order valence-electron chi connectivity index (χ4n) is 3.41. The molecule has 2 unspecified atom stereocenters. The van der Waals surface area contributed by atoms with E-state index in [2.05, 4.69) is 30.4 Å². The first-order valence-electron chi connectivity index (χ1n) is 7.46. The van der Waals surface area contributed by atoms with Gasteiger partial charge in [0.2, 0.25) is 0 Å². The Kier molecular flexibility index (Phi) is 2.81. The molecule has 3 heteroatoms. The van der Waals surface area contributed by atoms with Crippen molar-refractivity contribution < 1.29 is 9.47 Å². The van der Waals surface area contributed by atoms with E-state index >= 15 is 0 Å². The molecule has 1 heterocycles. The highest BCUT2D eigenvalue weighted by molar-refractivity contribution is 5.64. The van der Waals surface area contributed by atoms with Gasteiger partial charge in [-0.15, -0.1) is 0 Å². The molecule has 108 valence electrons. The van der Waals surface area contributed by atoms with Crippen molar-refractivity contribution in [2.24, 2.45) is 0 Å². The van der Waals surface area contributed by atoms with Gasteiger partial charge in [0.25, 0.3) is 0 Å². The standard InChI is InChI=1S/C18H19NO2/c1-11-4-3-5-16-17(11)19-15-9-7-12-6-8-13(20-2)10-14(12)18(15)21-16/h3-6,8,10,15,18-19H,7,9H2,1-2H3. The molecule has 0 aromatic heterocycles. The molecule has 2 aliphatic rings. The Morgan fingerprint density at radius 3 is 3.00 bits per heavy atom. The van der Waals surface area contributed by atoms with E-state index in [4.69, 9.17) is 9.47 Å². The van der Waals surface area contributed by atoms with Crippen molar-refractivity contribution in [3.8, 4) is 11.5 Å². The van der Waals surface area contributed by atoms with Gasteiger partial charge < -0.3 is 14.8 Å². The molecule has 2 aromatic carbocycles. The van der Waals surface area contributed by atoms with Crippen LogP contribution in [-0.4, -0.2) is 13.2 Å². The van der Waals surface area contributed by atoms with Crippen molar-refractivity contribution in [2.75, 3.05) is 12.4 Å². The number of anilines is 1. The van der Waals surface area contributed by atoms with E-state index in [1.54, 1.807) is 7.11 Å². The molecule has 0 saturated heterocycles. The van der Waals surface area contributed by atoms with E-state index in [-0.39, 0.29) is 6.10 Å². The van der Waals surface area contributed by atoms with Crippen LogP contribution in [0.1, 0.15) is 29.2 Å². The van der Waals surface area contributed by atoms with E-state index in [1.165, 1.54) is 16.7 Å². The van der Waals surface area contributed by atoms with Crippen molar-refractivity contribution in [1.29, 1.82) is 0 Å². The van der Waals surface area contributed by atoms with Crippen molar-refractivity contribution in [2.45, 2.75) is 31.9 Å². The maximum Gasteiger partial charge on any atom is 0.144 e. The molecule has 0 saturated carbocycles. The lowest BCUT2D eigenvalue weighted by atomic mass is 9.84. The Balaban J connectivity index is 1.78. The summed E-state index contributed by atoms with van der Waals surface area (Å²) in [6, 6.07) is 12.9. The van der Waals surface area contributed by atoms with Gasteiger partial charge in [0.05, 0.1) is 18.8 Å². The van der Waals surface area contributed by atoms with Gasteiger partial charge in [-0.3, -0.25) is 0 Å². The second-order valence-electron chi connectivity index (χ2n) is 5.84. The van der Waals surface area contributed by atoms with Crippen LogP contribution in [0, 0.1) is 6.92 Å². The van der Waals surface area contributed by atoms with Crippen LogP contribution in [0.15, 0.2) is 36.4 Å². The largest absolute Gasteiger partial charge is 0.497 e. The van der Waals surface area contributed by atoms with E-state index in [0.29, 0.717) is 6.04 Å². The van der Waals surface area contributed by atoms with Gasteiger partial charge in [-0.05, 0) is 49.1 Å². The van der Waals surface area contributed by atoms with E-state index < -0.39 is 0 Å². The number of hydrogen-bond donors (Lipinski definition) is 1. The first kappa shape index (κ1) is 12.6. The Hall–Kier alpha value is -2.16. The number of ether oxygens (including phenoxy) is 2. The van der Waals surface area contributed by atoms with Crippen LogP contribution in [0.25, 0.3) is 0 Å². The molecule has 2 atom stereocenters. The predicted molar refractivity (Wildman–Crippen MR) is 83.3 cm³/mol. The van der Waals surface area contributed by atoms with E-state index in [9.17, 15) is 0 Å². The van der Waals surface area contributed by atoms with Crippen LogP contribution in [0.4, 0.5) is 5.69 Å². The van der Waals surface area contributed by atoms with E-state index in [1.807, 2.05) is 18.2 Å². The average molecular weight is 281 g/mol. The molecule has 0 bridgehead atoms. The number of methoxy groups -OCH3 is 1. The van der Waals surface area contributed by atoms with Crippen molar-refractivity contribution in [3.63, 3.8) is 0 Å². The summed E-state index contributed by atoms with van der Waals surface area (Å²) in [4.78, 5) is 0. The maximum absolute atomic E-state index is 6.32. The number of fused-ring (bicyclic) bond motifs is 4. The van der Waals surface area contributed by atoms with Gasteiger partial charge >= 0.3 is 0 Å². The summed E-state index contributed by atoms with van der Waals surface area (Å²) in [5.41, 5.74) is 5.01. The number of aryl methyl sites for hydroxylation is 2. The molecule has 1 N–H and O–H groups in total. The Labute approximate surface area is 124 Å². The quantitative estimate of drug-likeness (QED) is 0.861. The molecule has 0 fully saturated rings. The summed E-state index contributed by atoms with van der Waals surface area (Å²) in [5.74, 6) is 1.85. The van der Waals surface area contributed by atoms with E-state index in [0.717, 1.165) is 30.0 Å². The third-order valence-corrected chi connectivity index (χ3v) is 4.57. The first-order valence-corrected chi connectivity index (χ1v) is 7.46. The van der Waals surface area contributed by atoms with Gasteiger partial charge in [-0.2, -0.15) is 0 Å². The molecule has 21 heavy (non-hydrogen) atoms. The monoisotopic (exact) mass is 281 g/mol. The Morgan fingerprint density at radius 1 is 1.24 bits per heavy atom. The molecule has 1 aliphatic carbocycles. The minimum absolute atomic E-state index is 0.0677. The van der Waals surface area contributed by atoms with Crippen LogP contribution >= 0.6 is 0 Å². The smallest absolute Gasteiger partial charge is 0.144 e. The van der Waals surface area contributed by atoms with Crippen molar-refractivity contribution in [1.82, 2.24) is 0 Å². The lowest BCUT2D eigenvalue weighted by Crippen LogP contribution is -2.39. The fraction of sp³-hybridized carbons (Fsp3) is 0.333.